The van der Waals surface area contributed by atoms with Gasteiger partial charge in [-0.2, -0.15) is 0 Å². The van der Waals surface area contributed by atoms with E-state index in [1.807, 2.05) is 91.8 Å². The summed E-state index contributed by atoms with van der Waals surface area (Å²) in [5.74, 6) is -0.785. The van der Waals surface area contributed by atoms with E-state index in [-0.39, 0.29) is 5.91 Å². The summed E-state index contributed by atoms with van der Waals surface area (Å²) in [6.45, 7) is 15.5. The van der Waals surface area contributed by atoms with Crippen LogP contribution in [0.25, 0.3) is 0 Å². The van der Waals surface area contributed by atoms with E-state index in [4.69, 9.17) is 14.0 Å². The maximum Gasteiger partial charge on any atom is 0.494 e. The number of hydrogen-bond donors (Lipinski definition) is 1. The predicted molar refractivity (Wildman–Crippen MR) is 134 cm³/mol. The Bertz CT molecular complexity index is 1010. The molecule has 3 rings (SSSR count). The number of aryl methyl sites for hydroxylation is 1. The van der Waals surface area contributed by atoms with Gasteiger partial charge in [-0.05, 0) is 78.5 Å². The van der Waals surface area contributed by atoms with Crippen LogP contribution < -0.4 is 10.8 Å². The van der Waals surface area contributed by atoms with Crippen LogP contribution in [0.15, 0.2) is 48.5 Å². The van der Waals surface area contributed by atoms with Crippen LogP contribution in [0.3, 0.4) is 0 Å². The van der Waals surface area contributed by atoms with Crippen LogP contribution in [0.5, 0.6) is 0 Å². The Kier molecular flexibility index (Phi) is 7.30. The van der Waals surface area contributed by atoms with Crippen molar-refractivity contribution in [2.45, 2.75) is 84.7 Å². The molecule has 0 spiro atoms. The lowest BCUT2D eigenvalue weighted by Crippen LogP contribution is -2.45. The molecular weight excluding hydrogens is 429 g/mol. The summed E-state index contributed by atoms with van der Waals surface area (Å²) < 4.78 is 17.8. The molecule has 1 saturated heterocycles. The van der Waals surface area contributed by atoms with E-state index in [1.54, 1.807) is 12.1 Å². The molecule has 6 nitrogen and oxygen atoms in total. The zero-order valence-electron chi connectivity index (χ0n) is 21.5. The number of carbonyl (C=O) groups excluding carboxylic acids is 2. The molecule has 0 radical (unpaired) electrons. The minimum atomic E-state index is -0.823. The molecule has 0 unspecified atom stereocenters. The lowest BCUT2D eigenvalue weighted by Gasteiger charge is -2.32. The van der Waals surface area contributed by atoms with Gasteiger partial charge in [0.25, 0.3) is 5.91 Å². The third-order valence-electron chi connectivity index (χ3n) is 6.26. The first kappa shape index (κ1) is 26.0. The van der Waals surface area contributed by atoms with E-state index in [0.717, 1.165) is 16.6 Å². The summed E-state index contributed by atoms with van der Waals surface area (Å²) in [5, 5.41) is 2.85. The Morgan fingerprint density at radius 3 is 1.97 bits per heavy atom. The third kappa shape index (κ3) is 6.27. The van der Waals surface area contributed by atoms with Crippen LogP contribution in [0.1, 0.15) is 70.0 Å². The largest absolute Gasteiger partial charge is 0.494 e. The van der Waals surface area contributed by atoms with E-state index in [0.29, 0.717) is 12.0 Å². The molecule has 2 aromatic carbocycles. The highest BCUT2D eigenvalue weighted by atomic mass is 16.7. The second kappa shape index (κ2) is 9.55. The number of ether oxygens (including phenoxy) is 1. The highest BCUT2D eigenvalue weighted by Crippen LogP contribution is 2.36. The number of benzene rings is 2. The molecule has 2 aromatic rings. The predicted octanol–water partition coefficient (Wildman–Crippen LogP) is 3.98. The van der Waals surface area contributed by atoms with Crippen molar-refractivity contribution < 1.29 is 23.6 Å². The smallest absolute Gasteiger partial charge is 0.458 e. The van der Waals surface area contributed by atoms with Crippen LogP contribution in [0.2, 0.25) is 0 Å². The first-order chi connectivity index (χ1) is 15.7. The minimum absolute atomic E-state index is 0.302. The first-order valence-electron chi connectivity index (χ1n) is 11.7. The van der Waals surface area contributed by atoms with Crippen molar-refractivity contribution in [2.24, 2.45) is 0 Å². The molecule has 0 saturated carbocycles. The van der Waals surface area contributed by atoms with Gasteiger partial charge in [-0.3, -0.25) is 4.79 Å². The number of rotatable bonds is 6. The topological polar surface area (TPSA) is 73.9 Å². The lowest BCUT2D eigenvalue weighted by atomic mass is 9.78. The van der Waals surface area contributed by atoms with Crippen LogP contribution in [0, 0.1) is 6.92 Å². The van der Waals surface area contributed by atoms with Gasteiger partial charge >= 0.3 is 13.1 Å². The summed E-state index contributed by atoms with van der Waals surface area (Å²) in [4.78, 5) is 25.8. The Morgan fingerprint density at radius 1 is 0.941 bits per heavy atom. The Hall–Kier alpha value is -2.64. The number of amides is 1. The normalized spacial score (nSPS) is 17.8. The number of hydrogen-bond acceptors (Lipinski definition) is 5. The van der Waals surface area contributed by atoms with Crippen LogP contribution in [-0.2, 0) is 25.3 Å². The molecule has 1 fully saturated rings. The lowest BCUT2D eigenvalue weighted by molar-refractivity contribution is -0.157. The summed E-state index contributed by atoms with van der Waals surface area (Å²) in [5.41, 5.74) is 1.85. The van der Waals surface area contributed by atoms with Crippen LogP contribution >= 0.6 is 0 Å². The first-order valence-corrected chi connectivity index (χ1v) is 11.7. The van der Waals surface area contributed by atoms with Crippen molar-refractivity contribution in [1.29, 1.82) is 0 Å². The summed E-state index contributed by atoms with van der Waals surface area (Å²) in [6.07, 6.45) is 0.302. The zero-order chi connectivity index (χ0) is 25.3. The maximum atomic E-state index is 12.9. The van der Waals surface area contributed by atoms with Crippen molar-refractivity contribution in [3.8, 4) is 0 Å². The number of carbonyl (C=O) groups is 2. The number of esters is 1. The second-order valence-electron chi connectivity index (χ2n) is 11.0. The summed E-state index contributed by atoms with van der Waals surface area (Å²) >= 11 is 0. The fraction of sp³-hybridized carbons (Fsp3) is 0.481. The quantitative estimate of drug-likeness (QED) is 0.516. The Balaban J connectivity index is 1.76. The fourth-order valence-corrected chi connectivity index (χ4v) is 3.54. The average molecular weight is 465 g/mol. The van der Waals surface area contributed by atoms with Gasteiger partial charge in [-0.15, -0.1) is 0 Å². The SMILES string of the molecule is Cc1ccc(C(=O)N[C@@H](Cc2ccc(B3OC(C)(C)C(C)(C)O3)cc2)C(=O)OC(C)(C)C)cc1. The van der Waals surface area contributed by atoms with E-state index < -0.39 is 35.9 Å². The summed E-state index contributed by atoms with van der Waals surface area (Å²) in [6, 6.07) is 14.1. The van der Waals surface area contributed by atoms with Gasteiger partial charge in [-0.1, -0.05) is 42.0 Å². The molecule has 1 amide bonds. The van der Waals surface area contributed by atoms with Gasteiger partial charge in [0.1, 0.15) is 11.6 Å². The standard InChI is InChI=1S/C27H36BNO5/c1-18-9-13-20(14-10-18)23(30)29-22(24(31)32-25(2,3)4)17-19-11-15-21(16-12-19)28-33-26(5,6)27(7,8)34-28/h9-16,22H,17H2,1-8H3,(H,29,30)/t22-/m0/s1. The molecule has 34 heavy (non-hydrogen) atoms. The molecule has 1 aliphatic rings. The molecule has 1 N–H and O–H groups in total. The van der Waals surface area contributed by atoms with Crippen molar-refractivity contribution in [1.82, 2.24) is 5.32 Å². The van der Waals surface area contributed by atoms with Crippen molar-refractivity contribution in [3.63, 3.8) is 0 Å². The molecule has 182 valence electrons. The molecule has 7 heteroatoms. The molecule has 0 aliphatic carbocycles. The molecule has 0 aromatic heterocycles. The second-order valence-corrected chi connectivity index (χ2v) is 11.0. The van der Waals surface area contributed by atoms with Gasteiger partial charge in [0.05, 0.1) is 11.2 Å². The molecule has 1 aliphatic heterocycles. The number of nitrogens with one attached hydrogen (secondary N) is 1. The molecule has 0 bridgehead atoms. The van der Waals surface area contributed by atoms with Gasteiger partial charge in [-0.25, -0.2) is 4.79 Å². The molecule has 1 atom stereocenters. The van der Waals surface area contributed by atoms with Crippen LogP contribution in [0.4, 0.5) is 0 Å². The average Bonchev–Trinajstić information content (AvgIpc) is 2.94. The fourth-order valence-electron chi connectivity index (χ4n) is 3.54. The van der Waals surface area contributed by atoms with Crippen molar-refractivity contribution in [3.05, 3.63) is 65.2 Å². The molecular formula is C27H36BNO5. The monoisotopic (exact) mass is 465 g/mol. The van der Waals surface area contributed by atoms with Gasteiger partial charge in [0, 0.05) is 12.0 Å². The van der Waals surface area contributed by atoms with E-state index in [9.17, 15) is 9.59 Å². The molecule has 1 heterocycles. The highest BCUT2D eigenvalue weighted by Gasteiger charge is 2.51. The van der Waals surface area contributed by atoms with Gasteiger partial charge in [0.15, 0.2) is 0 Å². The van der Waals surface area contributed by atoms with Crippen molar-refractivity contribution >= 4 is 24.5 Å². The van der Waals surface area contributed by atoms with E-state index in [1.165, 1.54) is 0 Å². The Labute approximate surface area is 203 Å². The van der Waals surface area contributed by atoms with Crippen LogP contribution in [-0.4, -0.2) is 41.8 Å². The summed E-state index contributed by atoms with van der Waals surface area (Å²) in [7, 11) is -0.457. The van der Waals surface area contributed by atoms with Gasteiger partial charge < -0.3 is 19.4 Å². The van der Waals surface area contributed by atoms with E-state index in [2.05, 4.69) is 5.32 Å². The Morgan fingerprint density at radius 2 is 1.47 bits per heavy atom. The zero-order valence-corrected chi connectivity index (χ0v) is 21.5. The van der Waals surface area contributed by atoms with Crippen molar-refractivity contribution in [2.75, 3.05) is 0 Å². The third-order valence-corrected chi connectivity index (χ3v) is 6.26. The highest BCUT2D eigenvalue weighted by molar-refractivity contribution is 6.62. The maximum absolute atomic E-state index is 12.9. The van der Waals surface area contributed by atoms with Gasteiger partial charge in [0.2, 0.25) is 0 Å². The van der Waals surface area contributed by atoms with E-state index >= 15 is 0 Å². The minimum Gasteiger partial charge on any atom is -0.458 e.